The maximum Gasteiger partial charge on any atom is 0.243 e. The van der Waals surface area contributed by atoms with Gasteiger partial charge in [0, 0.05) is 13.6 Å². The van der Waals surface area contributed by atoms with Crippen LogP contribution in [-0.4, -0.2) is 58.3 Å². The first-order valence-electron chi connectivity index (χ1n) is 6.18. The number of nitrogens with one attached hydrogen (secondary N) is 1. The van der Waals surface area contributed by atoms with Crippen LogP contribution >= 0.6 is 0 Å². The summed E-state index contributed by atoms with van der Waals surface area (Å²) in [6, 6.07) is 0. The smallest absolute Gasteiger partial charge is 0.243 e. The molecule has 1 saturated heterocycles. The van der Waals surface area contributed by atoms with E-state index in [2.05, 4.69) is 15.3 Å². The fourth-order valence-corrected chi connectivity index (χ4v) is 1.90. The van der Waals surface area contributed by atoms with Crippen LogP contribution < -0.4 is 5.32 Å². The molecular formula is C12H17N5O2. The lowest BCUT2D eigenvalue weighted by Crippen LogP contribution is -2.53. The van der Waals surface area contributed by atoms with Gasteiger partial charge in [0.05, 0.1) is 31.2 Å². The molecule has 2 heterocycles. The minimum atomic E-state index is -0.0547. The maximum absolute atomic E-state index is 11.9. The van der Waals surface area contributed by atoms with Gasteiger partial charge in [-0.2, -0.15) is 0 Å². The molecule has 2 amide bonds. The van der Waals surface area contributed by atoms with Crippen LogP contribution in [0.25, 0.3) is 0 Å². The van der Waals surface area contributed by atoms with Gasteiger partial charge in [-0.05, 0) is 6.92 Å². The first-order chi connectivity index (χ1) is 9.13. The predicted molar refractivity (Wildman–Crippen MR) is 69.2 cm³/mol. The Bertz CT molecular complexity index is 474. The standard InChI is InChI=1S/C12H17N5O2/c1-3-16-7-12(19)17(8-11(16)18)6-9-4-15-10(13-2)5-14-9/h4-5H,3,6-8H2,1-2H3,(H,13,15). The molecule has 102 valence electrons. The summed E-state index contributed by atoms with van der Waals surface area (Å²) in [6.07, 6.45) is 3.21. The van der Waals surface area contributed by atoms with Crippen LogP contribution in [0.15, 0.2) is 12.4 Å². The predicted octanol–water partition coefficient (Wildman–Crippen LogP) is -0.291. The molecule has 0 bridgehead atoms. The Morgan fingerprint density at radius 2 is 1.84 bits per heavy atom. The number of amides is 2. The molecule has 1 aromatic heterocycles. The van der Waals surface area contributed by atoms with Crippen LogP contribution in [0.4, 0.5) is 5.82 Å². The number of hydrogen-bond donors (Lipinski definition) is 1. The zero-order chi connectivity index (χ0) is 13.8. The van der Waals surface area contributed by atoms with Crippen molar-refractivity contribution >= 4 is 17.6 Å². The minimum absolute atomic E-state index is 0.0260. The van der Waals surface area contributed by atoms with Crippen LogP contribution in [-0.2, 0) is 16.1 Å². The second-order valence-electron chi connectivity index (χ2n) is 4.30. The van der Waals surface area contributed by atoms with E-state index in [9.17, 15) is 9.59 Å². The van der Waals surface area contributed by atoms with Crippen molar-refractivity contribution in [2.24, 2.45) is 0 Å². The van der Waals surface area contributed by atoms with Gasteiger partial charge in [-0.1, -0.05) is 0 Å². The number of piperazine rings is 1. The topological polar surface area (TPSA) is 78.4 Å². The molecule has 1 fully saturated rings. The van der Waals surface area contributed by atoms with Gasteiger partial charge in [-0.25, -0.2) is 4.98 Å². The second kappa shape index (κ2) is 5.64. The van der Waals surface area contributed by atoms with Gasteiger partial charge in [0.15, 0.2) is 0 Å². The maximum atomic E-state index is 11.9. The van der Waals surface area contributed by atoms with Crippen LogP contribution in [0.2, 0.25) is 0 Å². The highest BCUT2D eigenvalue weighted by Gasteiger charge is 2.28. The lowest BCUT2D eigenvalue weighted by atomic mass is 10.2. The molecule has 1 aromatic rings. The van der Waals surface area contributed by atoms with Gasteiger partial charge in [0.1, 0.15) is 12.4 Å². The zero-order valence-electron chi connectivity index (χ0n) is 11.1. The summed E-state index contributed by atoms with van der Waals surface area (Å²) in [7, 11) is 1.76. The summed E-state index contributed by atoms with van der Waals surface area (Å²) < 4.78 is 0. The summed E-state index contributed by atoms with van der Waals surface area (Å²) in [5, 5.41) is 2.87. The Morgan fingerprint density at radius 3 is 2.42 bits per heavy atom. The number of nitrogens with zero attached hydrogens (tertiary/aromatic N) is 4. The van der Waals surface area contributed by atoms with Gasteiger partial charge >= 0.3 is 0 Å². The third-order valence-electron chi connectivity index (χ3n) is 3.05. The molecule has 1 aliphatic rings. The number of hydrogen-bond acceptors (Lipinski definition) is 5. The van der Waals surface area contributed by atoms with Crippen molar-refractivity contribution in [1.82, 2.24) is 19.8 Å². The largest absolute Gasteiger partial charge is 0.372 e. The molecule has 2 rings (SSSR count). The van der Waals surface area contributed by atoms with Crippen molar-refractivity contribution in [2.45, 2.75) is 13.5 Å². The molecule has 1 N–H and O–H groups in total. The molecule has 0 radical (unpaired) electrons. The average molecular weight is 263 g/mol. The monoisotopic (exact) mass is 263 g/mol. The Labute approximate surface area is 111 Å². The number of carbonyl (C=O) groups is 2. The van der Waals surface area contributed by atoms with Gasteiger partial charge in [-0.15, -0.1) is 0 Å². The quantitative estimate of drug-likeness (QED) is 0.807. The van der Waals surface area contributed by atoms with Crippen molar-refractivity contribution in [2.75, 3.05) is 32.0 Å². The molecule has 0 unspecified atom stereocenters. The summed E-state index contributed by atoms with van der Waals surface area (Å²) in [4.78, 5) is 35.1. The number of anilines is 1. The van der Waals surface area contributed by atoms with E-state index in [-0.39, 0.29) is 24.9 Å². The van der Waals surface area contributed by atoms with Crippen molar-refractivity contribution < 1.29 is 9.59 Å². The Kier molecular flexibility index (Phi) is 3.94. The zero-order valence-corrected chi connectivity index (χ0v) is 11.1. The fourth-order valence-electron chi connectivity index (χ4n) is 1.90. The van der Waals surface area contributed by atoms with E-state index in [0.717, 1.165) is 0 Å². The van der Waals surface area contributed by atoms with E-state index >= 15 is 0 Å². The van der Waals surface area contributed by atoms with E-state index in [1.807, 2.05) is 6.92 Å². The Balaban J connectivity index is 2.02. The Morgan fingerprint density at radius 1 is 1.16 bits per heavy atom. The number of aromatic nitrogens is 2. The van der Waals surface area contributed by atoms with Crippen molar-refractivity contribution in [3.8, 4) is 0 Å². The highest BCUT2D eigenvalue weighted by atomic mass is 16.2. The van der Waals surface area contributed by atoms with Crippen molar-refractivity contribution in [3.05, 3.63) is 18.1 Å². The molecule has 0 saturated carbocycles. The number of carbonyl (C=O) groups excluding carboxylic acids is 2. The van der Waals surface area contributed by atoms with E-state index in [1.54, 1.807) is 24.3 Å². The second-order valence-corrected chi connectivity index (χ2v) is 4.30. The summed E-state index contributed by atoms with van der Waals surface area (Å²) in [5.74, 6) is 0.588. The fraction of sp³-hybridized carbons (Fsp3) is 0.500. The van der Waals surface area contributed by atoms with E-state index in [1.165, 1.54) is 4.90 Å². The molecule has 0 aliphatic carbocycles. The van der Waals surface area contributed by atoms with Crippen molar-refractivity contribution in [1.29, 1.82) is 0 Å². The third-order valence-corrected chi connectivity index (χ3v) is 3.05. The third kappa shape index (κ3) is 2.98. The number of rotatable bonds is 4. The highest BCUT2D eigenvalue weighted by molar-refractivity contribution is 5.92. The normalized spacial score (nSPS) is 15.9. The van der Waals surface area contributed by atoms with Crippen LogP contribution in [0, 0.1) is 0 Å². The molecule has 0 atom stereocenters. The molecule has 0 aromatic carbocycles. The summed E-state index contributed by atoms with van der Waals surface area (Å²) in [5.41, 5.74) is 0.671. The van der Waals surface area contributed by atoms with Gasteiger partial charge in [0.2, 0.25) is 11.8 Å². The first-order valence-corrected chi connectivity index (χ1v) is 6.18. The molecule has 19 heavy (non-hydrogen) atoms. The minimum Gasteiger partial charge on any atom is -0.372 e. The lowest BCUT2D eigenvalue weighted by molar-refractivity contribution is -0.150. The molecule has 7 nitrogen and oxygen atoms in total. The summed E-state index contributed by atoms with van der Waals surface area (Å²) in [6.45, 7) is 3.01. The molecule has 7 heteroatoms. The van der Waals surface area contributed by atoms with Crippen LogP contribution in [0.3, 0.4) is 0 Å². The van der Waals surface area contributed by atoms with Crippen LogP contribution in [0.5, 0.6) is 0 Å². The van der Waals surface area contributed by atoms with E-state index < -0.39 is 0 Å². The SMILES string of the molecule is CCN1CC(=O)N(Cc2cnc(NC)cn2)CC1=O. The van der Waals surface area contributed by atoms with E-state index in [4.69, 9.17) is 0 Å². The molecular weight excluding hydrogens is 246 g/mol. The molecule has 0 spiro atoms. The molecule has 1 aliphatic heterocycles. The highest BCUT2D eigenvalue weighted by Crippen LogP contribution is 2.09. The number of likely N-dealkylation sites (N-methyl/N-ethyl adjacent to an activating group) is 1. The first kappa shape index (κ1) is 13.3. The summed E-state index contributed by atoms with van der Waals surface area (Å²) >= 11 is 0. The Hall–Kier alpha value is -2.18. The van der Waals surface area contributed by atoms with Gasteiger partial charge in [-0.3, -0.25) is 14.6 Å². The van der Waals surface area contributed by atoms with Gasteiger partial charge < -0.3 is 15.1 Å². The van der Waals surface area contributed by atoms with Crippen LogP contribution in [0.1, 0.15) is 12.6 Å². The van der Waals surface area contributed by atoms with Gasteiger partial charge in [0.25, 0.3) is 0 Å². The average Bonchev–Trinajstić information content (AvgIpc) is 2.43. The van der Waals surface area contributed by atoms with Crippen molar-refractivity contribution in [3.63, 3.8) is 0 Å². The lowest BCUT2D eigenvalue weighted by Gasteiger charge is -2.32. The van der Waals surface area contributed by atoms with E-state index in [0.29, 0.717) is 24.6 Å².